The number of nitrogens with one attached hydrogen (secondary N) is 1. The van der Waals surface area contributed by atoms with Crippen molar-refractivity contribution < 1.29 is 0 Å². The molecule has 0 spiro atoms. The number of hydrogen-bond donors (Lipinski definition) is 1. The molecule has 1 unspecified atom stereocenters. The van der Waals surface area contributed by atoms with Crippen LogP contribution in [0.3, 0.4) is 0 Å². The van der Waals surface area contributed by atoms with Crippen LogP contribution in [0, 0.1) is 6.92 Å². The van der Waals surface area contributed by atoms with Gasteiger partial charge in [-0.1, -0.05) is 42.5 Å². The minimum atomic E-state index is 0.586. The fraction of sp³-hybridized carbons (Fsp3) is 0.368. The molecule has 2 aromatic rings. The highest BCUT2D eigenvalue weighted by atomic mass is 15.2. The second-order valence-corrected chi connectivity index (χ2v) is 6.04. The van der Waals surface area contributed by atoms with Crippen molar-refractivity contribution in [1.82, 2.24) is 4.90 Å². The van der Waals surface area contributed by atoms with Crippen LogP contribution in [0.15, 0.2) is 54.6 Å². The molecule has 3 rings (SSSR count). The highest BCUT2D eigenvalue weighted by Crippen LogP contribution is 2.17. The van der Waals surface area contributed by atoms with Crippen LogP contribution >= 0.6 is 0 Å². The van der Waals surface area contributed by atoms with Crippen LogP contribution in [-0.2, 0) is 6.42 Å². The van der Waals surface area contributed by atoms with Crippen LogP contribution in [0.2, 0.25) is 0 Å². The normalized spacial score (nSPS) is 18.8. The fourth-order valence-electron chi connectivity index (χ4n) is 3.06. The highest BCUT2D eigenvalue weighted by molar-refractivity contribution is 5.46. The molecular weight excluding hydrogens is 256 g/mol. The lowest BCUT2D eigenvalue weighted by Gasteiger charge is -2.17. The van der Waals surface area contributed by atoms with Gasteiger partial charge >= 0.3 is 0 Å². The van der Waals surface area contributed by atoms with Gasteiger partial charge in [0, 0.05) is 31.4 Å². The molecule has 0 aromatic heterocycles. The second kappa shape index (κ2) is 6.77. The van der Waals surface area contributed by atoms with E-state index in [1.807, 2.05) is 0 Å². The first-order valence-electron chi connectivity index (χ1n) is 7.89. The molecule has 0 amide bonds. The molecule has 1 fully saturated rings. The number of hydrogen-bond acceptors (Lipinski definition) is 2. The van der Waals surface area contributed by atoms with E-state index >= 15 is 0 Å². The van der Waals surface area contributed by atoms with Crippen molar-refractivity contribution in [3.8, 4) is 0 Å². The zero-order valence-electron chi connectivity index (χ0n) is 12.8. The van der Waals surface area contributed by atoms with Gasteiger partial charge in [-0.15, -0.1) is 0 Å². The molecule has 2 nitrogen and oxygen atoms in total. The maximum absolute atomic E-state index is 3.67. The third kappa shape index (κ3) is 4.08. The predicted molar refractivity (Wildman–Crippen MR) is 89.8 cm³/mol. The molecule has 110 valence electrons. The van der Waals surface area contributed by atoms with E-state index in [1.54, 1.807) is 0 Å². The molecule has 1 N–H and O–H groups in total. The van der Waals surface area contributed by atoms with Crippen molar-refractivity contribution in [3.05, 3.63) is 65.7 Å². The largest absolute Gasteiger partial charge is 0.381 e. The lowest BCUT2D eigenvalue weighted by atomic mass is 10.1. The van der Waals surface area contributed by atoms with Gasteiger partial charge in [0.15, 0.2) is 0 Å². The Morgan fingerprint density at radius 1 is 1.10 bits per heavy atom. The van der Waals surface area contributed by atoms with Gasteiger partial charge in [-0.05, 0) is 43.0 Å². The molecule has 2 heteroatoms. The van der Waals surface area contributed by atoms with Crippen molar-refractivity contribution >= 4 is 5.69 Å². The summed E-state index contributed by atoms with van der Waals surface area (Å²) in [5, 5.41) is 3.67. The van der Waals surface area contributed by atoms with Crippen LogP contribution in [0.4, 0.5) is 5.69 Å². The first kappa shape index (κ1) is 14.2. The van der Waals surface area contributed by atoms with E-state index in [0.29, 0.717) is 6.04 Å². The van der Waals surface area contributed by atoms with Gasteiger partial charge in [-0.3, -0.25) is 0 Å². The Morgan fingerprint density at radius 2 is 1.95 bits per heavy atom. The number of aryl methyl sites for hydroxylation is 1. The average molecular weight is 280 g/mol. The van der Waals surface area contributed by atoms with Crippen LogP contribution in [0.5, 0.6) is 0 Å². The Bertz CT molecular complexity index is 565. The molecular formula is C19H24N2. The summed E-state index contributed by atoms with van der Waals surface area (Å²) in [6.45, 7) is 5.67. The summed E-state index contributed by atoms with van der Waals surface area (Å²) in [7, 11) is 0. The smallest absolute Gasteiger partial charge is 0.0400 e. The summed E-state index contributed by atoms with van der Waals surface area (Å²) < 4.78 is 0. The summed E-state index contributed by atoms with van der Waals surface area (Å²) in [6, 6.07) is 20.0. The van der Waals surface area contributed by atoms with E-state index in [2.05, 4.69) is 71.7 Å². The lowest BCUT2D eigenvalue weighted by molar-refractivity contribution is 0.341. The first-order valence-corrected chi connectivity index (χ1v) is 7.89. The lowest BCUT2D eigenvalue weighted by Crippen LogP contribution is -2.27. The Hall–Kier alpha value is -1.80. The quantitative estimate of drug-likeness (QED) is 0.898. The second-order valence-electron chi connectivity index (χ2n) is 6.04. The van der Waals surface area contributed by atoms with E-state index in [4.69, 9.17) is 0 Å². The maximum atomic E-state index is 3.67. The number of benzene rings is 2. The summed E-state index contributed by atoms with van der Waals surface area (Å²) >= 11 is 0. The standard InChI is InChI=1S/C19H24N2/c1-16-6-5-9-18(14-16)20-19-11-13-21(15-19)12-10-17-7-3-2-4-8-17/h2-9,14,19-20H,10-13,15H2,1H3. The maximum Gasteiger partial charge on any atom is 0.0400 e. The number of nitrogens with zero attached hydrogens (tertiary/aromatic N) is 1. The SMILES string of the molecule is Cc1cccc(NC2CCN(CCc3ccccc3)C2)c1. The van der Waals surface area contributed by atoms with Crippen molar-refractivity contribution in [2.75, 3.05) is 25.0 Å². The molecule has 1 saturated heterocycles. The van der Waals surface area contributed by atoms with E-state index in [1.165, 1.54) is 29.8 Å². The van der Waals surface area contributed by atoms with Crippen molar-refractivity contribution in [3.63, 3.8) is 0 Å². The summed E-state index contributed by atoms with van der Waals surface area (Å²) in [4.78, 5) is 2.57. The number of likely N-dealkylation sites (tertiary alicyclic amines) is 1. The van der Waals surface area contributed by atoms with Gasteiger partial charge in [0.1, 0.15) is 0 Å². The third-order valence-electron chi connectivity index (χ3n) is 4.22. The zero-order valence-corrected chi connectivity index (χ0v) is 12.8. The Morgan fingerprint density at radius 3 is 2.76 bits per heavy atom. The topological polar surface area (TPSA) is 15.3 Å². The van der Waals surface area contributed by atoms with Crippen molar-refractivity contribution in [1.29, 1.82) is 0 Å². The molecule has 1 heterocycles. The molecule has 21 heavy (non-hydrogen) atoms. The van der Waals surface area contributed by atoms with Crippen molar-refractivity contribution in [2.45, 2.75) is 25.8 Å². The molecule has 0 aliphatic carbocycles. The first-order chi connectivity index (χ1) is 10.3. The third-order valence-corrected chi connectivity index (χ3v) is 4.22. The van der Waals surface area contributed by atoms with Crippen LogP contribution in [-0.4, -0.2) is 30.6 Å². The molecule has 0 radical (unpaired) electrons. The van der Waals surface area contributed by atoms with E-state index < -0.39 is 0 Å². The monoisotopic (exact) mass is 280 g/mol. The van der Waals surface area contributed by atoms with Crippen LogP contribution in [0.25, 0.3) is 0 Å². The molecule has 1 atom stereocenters. The molecule has 1 aliphatic heterocycles. The Balaban J connectivity index is 1.47. The van der Waals surface area contributed by atoms with E-state index in [9.17, 15) is 0 Å². The Kier molecular flexibility index (Phi) is 4.56. The fourth-order valence-corrected chi connectivity index (χ4v) is 3.06. The van der Waals surface area contributed by atoms with Crippen molar-refractivity contribution in [2.24, 2.45) is 0 Å². The summed E-state index contributed by atoms with van der Waals surface area (Å²) in [6.07, 6.45) is 2.39. The van der Waals surface area contributed by atoms with Gasteiger partial charge in [-0.2, -0.15) is 0 Å². The van der Waals surface area contributed by atoms with Gasteiger partial charge < -0.3 is 10.2 Å². The number of anilines is 1. The molecule has 0 bridgehead atoms. The molecule has 1 aliphatic rings. The zero-order chi connectivity index (χ0) is 14.5. The van der Waals surface area contributed by atoms with Gasteiger partial charge in [0.05, 0.1) is 0 Å². The molecule has 2 aromatic carbocycles. The summed E-state index contributed by atoms with van der Waals surface area (Å²) in [5.74, 6) is 0. The Labute approximate surface area is 127 Å². The highest BCUT2D eigenvalue weighted by Gasteiger charge is 2.21. The predicted octanol–water partition coefficient (Wildman–Crippen LogP) is 3.72. The van der Waals surface area contributed by atoms with E-state index in [0.717, 1.165) is 19.5 Å². The average Bonchev–Trinajstić information content (AvgIpc) is 2.94. The summed E-state index contributed by atoms with van der Waals surface area (Å²) in [5.41, 5.74) is 4.01. The van der Waals surface area contributed by atoms with Gasteiger partial charge in [-0.25, -0.2) is 0 Å². The minimum Gasteiger partial charge on any atom is -0.381 e. The van der Waals surface area contributed by atoms with Crippen LogP contribution < -0.4 is 5.32 Å². The number of rotatable bonds is 5. The van der Waals surface area contributed by atoms with E-state index in [-0.39, 0.29) is 0 Å². The molecule has 0 saturated carbocycles. The minimum absolute atomic E-state index is 0.586. The van der Waals surface area contributed by atoms with Gasteiger partial charge in [0.2, 0.25) is 0 Å². The van der Waals surface area contributed by atoms with Gasteiger partial charge in [0.25, 0.3) is 0 Å². The van der Waals surface area contributed by atoms with Crippen LogP contribution in [0.1, 0.15) is 17.5 Å².